The molecule has 20 heavy (non-hydrogen) atoms. The summed E-state index contributed by atoms with van der Waals surface area (Å²) in [7, 11) is 2.22. The Bertz CT molecular complexity index is 282. The second-order valence-corrected chi connectivity index (χ2v) is 8.62. The maximum Gasteiger partial charge on any atom is 0.0580 e. The molecule has 0 radical (unpaired) electrons. The van der Waals surface area contributed by atoms with Crippen LogP contribution in [0.15, 0.2) is 0 Å². The van der Waals surface area contributed by atoms with E-state index in [4.69, 9.17) is 0 Å². The van der Waals surface area contributed by atoms with Gasteiger partial charge in [-0.05, 0) is 62.8 Å². The second kappa shape index (κ2) is 7.26. The van der Waals surface area contributed by atoms with Gasteiger partial charge in [0.15, 0.2) is 0 Å². The fraction of sp³-hybridized carbons (Fsp3) is 1.00. The van der Waals surface area contributed by atoms with E-state index in [1.54, 1.807) is 0 Å². The highest BCUT2D eigenvalue weighted by molar-refractivity contribution is 4.87. The molecule has 2 nitrogen and oxygen atoms in total. The Labute approximate surface area is 126 Å². The standard InChI is InChI=1S/C18H37NO/c1-13(2)10-14(3)19(7)12-15-11-16(18(4,5)6)8-9-17(15)20/h13-17,20H,8-12H2,1-7H3. The van der Waals surface area contributed by atoms with Crippen LogP contribution < -0.4 is 0 Å². The first-order valence-electron chi connectivity index (χ1n) is 8.49. The quantitative estimate of drug-likeness (QED) is 0.818. The molecule has 1 rings (SSSR count). The molecule has 0 amide bonds. The Hall–Kier alpha value is -0.0800. The summed E-state index contributed by atoms with van der Waals surface area (Å²) in [4.78, 5) is 2.46. The third-order valence-electron chi connectivity index (χ3n) is 5.25. The molecule has 1 N–H and O–H groups in total. The first-order valence-corrected chi connectivity index (χ1v) is 8.49. The van der Waals surface area contributed by atoms with Crippen molar-refractivity contribution in [3.8, 4) is 0 Å². The van der Waals surface area contributed by atoms with Crippen LogP contribution in [-0.2, 0) is 0 Å². The van der Waals surface area contributed by atoms with Gasteiger partial charge in [-0.25, -0.2) is 0 Å². The van der Waals surface area contributed by atoms with Crippen LogP contribution in [0.1, 0.15) is 67.2 Å². The highest BCUT2D eigenvalue weighted by Gasteiger charge is 2.35. The summed E-state index contributed by atoms with van der Waals surface area (Å²) in [5, 5.41) is 10.3. The number of nitrogens with zero attached hydrogens (tertiary/aromatic N) is 1. The third-order valence-corrected chi connectivity index (χ3v) is 5.25. The van der Waals surface area contributed by atoms with Gasteiger partial charge in [-0.2, -0.15) is 0 Å². The molecule has 0 bridgehead atoms. The lowest BCUT2D eigenvalue weighted by Gasteiger charge is -2.42. The van der Waals surface area contributed by atoms with Crippen molar-refractivity contribution < 1.29 is 5.11 Å². The zero-order valence-corrected chi connectivity index (χ0v) is 14.8. The van der Waals surface area contributed by atoms with E-state index in [0.717, 1.165) is 24.8 Å². The molecular weight excluding hydrogens is 246 g/mol. The summed E-state index contributed by atoms with van der Waals surface area (Å²) < 4.78 is 0. The van der Waals surface area contributed by atoms with Crippen molar-refractivity contribution in [1.82, 2.24) is 4.90 Å². The molecule has 0 aromatic carbocycles. The maximum absolute atomic E-state index is 10.3. The predicted octanol–water partition coefficient (Wildman–Crippen LogP) is 4.18. The molecule has 0 heterocycles. The van der Waals surface area contributed by atoms with E-state index in [1.165, 1.54) is 19.3 Å². The smallest absolute Gasteiger partial charge is 0.0580 e. The highest BCUT2D eigenvalue weighted by Crippen LogP contribution is 2.40. The number of rotatable bonds is 5. The molecule has 0 aromatic rings. The molecule has 1 aliphatic carbocycles. The van der Waals surface area contributed by atoms with E-state index in [-0.39, 0.29) is 6.10 Å². The van der Waals surface area contributed by atoms with Crippen LogP contribution in [-0.4, -0.2) is 35.7 Å². The summed E-state index contributed by atoms with van der Waals surface area (Å²) in [6.07, 6.45) is 4.50. The first kappa shape index (κ1) is 18.0. The van der Waals surface area contributed by atoms with Gasteiger partial charge in [0.25, 0.3) is 0 Å². The summed E-state index contributed by atoms with van der Waals surface area (Å²) in [5.41, 5.74) is 0.376. The molecule has 120 valence electrons. The molecule has 2 heteroatoms. The fourth-order valence-corrected chi connectivity index (χ4v) is 3.64. The van der Waals surface area contributed by atoms with Crippen molar-refractivity contribution in [3.63, 3.8) is 0 Å². The van der Waals surface area contributed by atoms with Gasteiger partial charge in [-0.3, -0.25) is 0 Å². The largest absolute Gasteiger partial charge is 0.393 e. The molecule has 0 aromatic heterocycles. The first-order chi connectivity index (χ1) is 9.11. The van der Waals surface area contributed by atoms with Gasteiger partial charge in [0.2, 0.25) is 0 Å². The Morgan fingerprint density at radius 3 is 2.25 bits per heavy atom. The van der Waals surface area contributed by atoms with E-state index in [2.05, 4.69) is 53.5 Å². The van der Waals surface area contributed by atoms with Crippen molar-refractivity contribution in [3.05, 3.63) is 0 Å². The molecule has 0 saturated heterocycles. The van der Waals surface area contributed by atoms with Gasteiger partial charge in [-0.15, -0.1) is 0 Å². The van der Waals surface area contributed by atoms with Crippen LogP contribution in [0.25, 0.3) is 0 Å². The summed E-state index contributed by atoms with van der Waals surface area (Å²) in [6, 6.07) is 0.609. The van der Waals surface area contributed by atoms with E-state index < -0.39 is 0 Å². The lowest BCUT2D eigenvalue weighted by molar-refractivity contribution is 0.00122. The van der Waals surface area contributed by atoms with Crippen molar-refractivity contribution in [2.45, 2.75) is 79.4 Å². The van der Waals surface area contributed by atoms with E-state index in [1.807, 2.05) is 0 Å². The van der Waals surface area contributed by atoms with Crippen molar-refractivity contribution in [2.75, 3.05) is 13.6 Å². The third kappa shape index (κ3) is 5.37. The number of hydrogen-bond donors (Lipinski definition) is 1. The SMILES string of the molecule is CC(C)CC(C)N(C)CC1CC(C(C)(C)C)CCC1O. The Kier molecular flexibility index (Phi) is 6.53. The number of aliphatic hydroxyl groups is 1. The molecular formula is C18H37NO. The maximum atomic E-state index is 10.3. The number of hydrogen-bond acceptors (Lipinski definition) is 2. The Morgan fingerprint density at radius 1 is 1.15 bits per heavy atom. The molecule has 0 aliphatic heterocycles. The van der Waals surface area contributed by atoms with Crippen molar-refractivity contribution in [2.24, 2.45) is 23.2 Å². The molecule has 1 fully saturated rings. The van der Waals surface area contributed by atoms with Crippen LogP contribution in [0.5, 0.6) is 0 Å². The molecule has 1 saturated carbocycles. The van der Waals surface area contributed by atoms with E-state index in [9.17, 15) is 5.11 Å². The van der Waals surface area contributed by atoms with Crippen molar-refractivity contribution in [1.29, 1.82) is 0 Å². The van der Waals surface area contributed by atoms with Gasteiger partial charge in [0, 0.05) is 12.6 Å². The molecule has 1 aliphatic rings. The normalized spacial score (nSPS) is 30.0. The van der Waals surface area contributed by atoms with Gasteiger partial charge >= 0.3 is 0 Å². The van der Waals surface area contributed by atoms with Crippen LogP contribution in [0.2, 0.25) is 0 Å². The second-order valence-electron chi connectivity index (χ2n) is 8.62. The average Bonchev–Trinajstić information content (AvgIpc) is 2.29. The van der Waals surface area contributed by atoms with Crippen LogP contribution in [0, 0.1) is 23.2 Å². The minimum Gasteiger partial charge on any atom is -0.393 e. The summed E-state index contributed by atoms with van der Waals surface area (Å²) in [5.74, 6) is 1.95. The van der Waals surface area contributed by atoms with Gasteiger partial charge < -0.3 is 10.0 Å². The van der Waals surface area contributed by atoms with Gasteiger partial charge in [0.05, 0.1) is 6.10 Å². The van der Waals surface area contributed by atoms with Crippen LogP contribution in [0.4, 0.5) is 0 Å². The van der Waals surface area contributed by atoms with Gasteiger partial charge in [-0.1, -0.05) is 34.6 Å². The molecule has 4 unspecified atom stereocenters. The van der Waals surface area contributed by atoms with Crippen molar-refractivity contribution >= 4 is 0 Å². The zero-order valence-electron chi connectivity index (χ0n) is 14.8. The van der Waals surface area contributed by atoms with Gasteiger partial charge in [0.1, 0.15) is 0 Å². The van der Waals surface area contributed by atoms with E-state index >= 15 is 0 Å². The lowest BCUT2D eigenvalue weighted by atomic mass is 9.68. The minimum atomic E-state index is -0.0951. The summed E-state index contributed by atoms with van der Waals surface area (Å²) >= 11 is 0. The lowest BCUT2D eigenvalue weighted by Crippen LogP contribution is -2.42. The summed E-state index contributed by atoms with van der Waals surface area (Å²) in [6.45, 7) is 15.0. The Balaban J connectivity index is 2.55. The van der Waals surface area contributed by atoms with Crippen LogP contribution in [0.3, 0.4) is 0 Å². The number of aliphatic hydroxyl groups excluding tert-OH is 1. The fourth-order valence-electron chi connectivity index (χ4n) is 3.64. The van der Waals surface area contributed by atoms with E-state index in [0.29, 0.717) is 17.4 Å². The molecule has 0 spiro atoms. The minimum absolute atomic E-state index is 0.0951. The highest BCUT2D eigenvalue weighted by atomic mass is 16.3. The molecule has 4 atom stereocenters. The monoisotopic (exact) mass is 283 g/mol. The topological polar surface area (TPSA) is 23.5 Å². The van der Waals surface area contributed by atoms with Crippen LogP contribution >= 0.6 is 0 Å². The Morgan fingerprint density at radius 2 is 1.75 bits per heavy atom. The zero-order chi connectivity index (χ0) is 15.5. The predicted molar refractivity (Wildman–Crippen MR) is 87.8 cm³/mol. The average molecular weight is 283 g/mol.